The van der Waals surface area contributed by atoms with Crippen LogP contribution in [-0.4, -0.2) is 28.7 Å². The molecule has 0 atom stereocenters. The number of anilines is 1. The van der Waals surface area contributed by atoms with E-state index in [-0.39, 0.29) is 11.3 Å². The zero-order chi connectivity index (χ0) is 17.8. The van der Waals surface area contributed by atoms with Gasteiger partial charge in [0.15, 0.2) is 5.69 Å². The first-order valence-corrected chi connectivity index (χ1v) is 7.49. The molecule has 3 rings (SSSR count). The van der Waals surface area contributed by atoms with Gasteiger partial charge < -0.3 is 15.8 Å². The molecule has 3 N–H and O–H groups in total. The molecule has 25 heavy (non-hydrogen) atoms. The van der Waals surface area contributed by atoms with Crippen LogP contribution in [0.15, 0.2) is 60.8 Å². The van der Waals surface area contributed by atoms with E-state index >= 15 is 0 Å². The van der Waals surface area contributed by atoms with Crippen molar-refractivity contribution in [2.75, 3.05) is 12.4 Å². The number of amides is 2. The largest absolute Gasteiger partial charge is 0.495 e. The van der Waals surface area contributed by atoms with Gasteiger partial charge in [-0.25, -0.2) is 4.68 Å². The molecule has 126 valence electrons. The maximum absolute atomic E-state index is 12.4. The van der Waals surface area contributed by atoms with Crippen molar-refractivity contribution in [2.24, 2.45) is 5.73 Å². The highest BCUT2D eigenvalue weighted by Gasteiger charge is 2.14. The van der Waals surface area contributed by atoms with Crippen molar-refractivity contribution >= 4 is 17.5 Å². The van der Waals surface area contributed by atoms with Gasteiger partial charge in [0.25, 0.3) is 5.91 Å². The second-order valence-electron chi connectivity index (χ2n) is 5.21. The maximum Gasteiger partial charge on any atom is 0.276 e. The van der Waals surface area contributed by atoms with Crippen molar-refractivity contribution in [2.45, 2.75) is 0 Å². The molecule has 0 aliphatic heterocycles. The minimum Gasteiger partial charge on any atom is -0.495 e. The first-order chi connectivity index (χ1) is 12.1. The quantitative estimate of drug-likeness (QED) is 0.746. The van der Waals surface area contributed by atoms with Crippen molar-refractivity contribution in [3.05, 3.63) is 72.1 Å². The van der Waals surface area contributed by atoms with E-state index in [1.807, 2.05) is 30.3 Å². The fourth-order valence-electron chi connectivity index (χ4n) is 2.31. The molecule has 0 fully saturated rings. The number of primary amides is 1. The molecule has 0 saturated heterocycles. The average molecular weight is 336 g/mol. The predicted molar refractivity (Wildman–Crippen MR) is 93.0 cm³/mol. The average Bonchev–Trinajstić information content (AvgIpc) is 3.12. The van der Waals surface area contributed by atoms with Crippen molar-refractivity contribution < 1.29 is 14.3 Å². The van der Waals surface area contributed by atoms with Crippen LogP contribution in [0.2, 0.25) is 0 Å². The number of nitrogens with two attached hydrogens (primary N) is 1. The Morgan fingerprint density at radius 3 is 2.56 bits per heavy atom. The van der Waals surface area contributed by atoms with Crippen LogP contribution in [0.4, 0.5) is 5.69 Å². The zero-order valence-corrected chi connectivity index (χ0v) is 13.5. The van der Waals surface area contributed by atoms with Gasteiger partial charge in [0.2, 0.25) is 5.91 Å². The maximum atomic E-state index is 12.4. The highest BCUT2D eigenvalue weighted by Crippen LogP contribution is 2.26. The molecule has 0 radical (unpaired) electrons. The number of benzene rings is 2. The van der Waals surface area contributed by atoms with Gasteiger partial charge in [0.1, 0.15) is 5.75 Å². The van der Waals surface area contributed by atoms with Crippen LogP contribution >= 0.6 is 0 Å². The summed E-state index contributed by atoms with van der Waals surface area (Å²) in [7, 11) is 1.47. The molecule has 3 aromatic rings. The van der Waals surface area contributed by atoms with Crippen LogP contribution in [0.25, 0.3) is 5.69 Å². The number of ether oxygens (including phenoxy) is 1. The first-order valence-electron chi connectivity index (χ1n) is 7.49. The molecule has 2 aromatic carbocycles. The molecule has 1 aromatic heterocycles. The number of carbonyl (C=O) groups is 2. The Bertz CT molecular complexity index is 919. The molecule has 2 amide bonds. The highest BCUT2D eigenvalue weighted by atomic mass is 16.5. The normalized spacial score (nSPS) is 10.3. The summed E-state index contributed by atoms with van der Waals surface area (Å²) in [6.45, 7) is 0. The SMILES string of the molecule is COc1ccc(C(N)=O)cc1NC(=O)c1ccn(-c2ccccc2)n1. The molecule has 0 spiro atoms. The van der Waals surface area contributed by atoms with Crippen molar-refractivity contribution in [1.82, 2.24) is 9.78 Å². The van der Waals surface area contributed by atoms with E-state index in [2.05, 4.69) is 10.4 Å². The number of aromatic nitrogens is 2. The van der Waals surface area contributed by atoms with Gasteiger partial charge >= 0.3 is 0 Å². The number of carbonyl (C=O) groups excluding carboxylic acids is 2. The Balaban J connectivity index is 1.84. The van der Waals surface area contributed by atoms with Gasteiger partial charge in [-0.1, -0.05) is 18.2 Å². The van der Waals surface area contributed by atoms with Gasteiger partial charge in [-0.15, -0.1) is 0 Å². The second kappa shape index (κ2) is 6.88. The Labute approximate surface area is 144 Å². The number of methoxy groups -OCH3 is 1. The lowest BCUT2D eigenvalue weighted by Gasteiger charge is -2.10. The summed E-state index contributed by atoms with van der Waals surface area (Å²) in [5.74, 6) is -0.595. The van der Waals surface area contributed by atoms with Gasteiger partial charge in [0.05, 0.1) is 18.5 Å². The van der Waals surface area contributed by atoms with Crippen molar-refractivity contribution in [3.63, 3.8) is 0 Å². The van der Waals surface area contributed by atoms with E-state index in [9.17, 15) is 9.59 Å². The fraction of sp³-hybridized carbons (Fsp3) is 0.0556. The van der Waals surface area contributed by atoms with Gasteiger partial charge in [-0.05, 0) is 36.4 Å². The topological polar surface area (TPSA) is 99.2 Å². The van der Waals surface area contributed by atoms with E-state index < -0.39 is 11.8 Å². The van der Waals surface area contributed by atoms with Crippen molar-refractivity contribution in [3.8, 4) is 11.4 Å². The lowest BCUT2D eigenvalue weighted by molar-refractivity contribution is 0.0995. The Kier molecular flexibility index (Phi) is 4.47. The molecule has 1 heterocycles. The van der Waals surface area contributed by atoms with E-state index in [0.29, 0.717) is 11.4 Å². The van der Waals surface area contributed by atoms with Crippen LogP contribution in [-0.2, 0) is 0 Å². The third kappa shape index (κ3) is 3.50. The Hall–Kier alpha value is -3.61. The van der Waals surface area contributed by atoms with E-state index in [1.165, 1.54) is 19.2 Å². The number of para-hydroxylation sites is 1. The molecule has 7 heteroatoms. The molecular formula is C18H16N4O3. The van der Waals surface area contributed by atoms with Gasteiger partial charge in [-0.3, -0.25) is 9.59 Å². The second-order valence-corrected chi connectivity index (χ2v) is 5.21. The fourth-order valence-corrected chi connectivity index (χ4v) is 2.31. The number of nitrogens with zero attached hydrogens (tertiary/aromatic N) is 2. The van der Waals surface area contributed by atoms with E-state index in [4.69, 9.17) is 10.5 Å². The summed E-state index contributed by atoms with van der Waals surface area (Å²) in [4.78, 5) is 23.8. The predicted octanol–water partition coefficient (Wildman–Crippen LogP) is 2.23. The minimum atomic E-state index is -0.591. The molecular weight excluding hydrogens is 320 g/mol. The molecule has 0 bridgehead atoms. The lowest BCUT2D eigenvalue weighted by Crippen LogP contribution is -2.16. The summed E-state index contributed by atoms with van der Waals surface area (Å²) in [5.41, 5.74) is 6.96. The highest BCUT2D eigenvalue weighted by molar-refractivity contribution is 6.04. The number of rotatable bonds is 5. The van der Waals surface area contributed by atoms with Crippen LogP contribution < -0.4 is 15.8 Å². The summed E-state index contributed by atoms with van der Waals surface area (Å²) >= 11 is 0. The number of hydrogen-bond acceptors (Lipinski definition) is 4. The monoisotopic (exact) mass is 336 g/mol. The molecule has 0 saturated carbocycles. The Morgan fingerprint density at radius 1 is 1.12 bits per heavy atom. The van der Waals surface area contributed by atoms with Crippen LogP contribution in [0.3, 0.4) is 0 Å². The van der Waals surface area contributed by atoms with Gasteiger partial charge in [-0.2, -0.15) is 5.10 Å². The van der Waals surface area contributed by atoms with Crippen molar-refractivity contribution in [1.29, 1.82) is 0 Å². The molecule has 0 aliphatic carbocycles. The standard InChI is InChI=1S/C18H16N4O3/c1-25-16-8-7-12(17(19)23)11-15(16)20-18(24)14-9-10-22(21-14)13-5-3-2-4-6-13/h2-11H,1H3,(H2,19,23)(H,20,24). The van der Waals surface area contributed by atoms with E-state index in [1.54, 1.807) is 23.0 Å². The van der Waals surface area contributed by atoms with Crippen LogP contribution in [0.1, 0.15) is 20.8 Å². The van der Waals surface area contributed by atoms with E-state index in [0.717, 1.165) is 5.69 Å². The minimum absolute atomic E-state index is 0.232. The Morgan fingerprint density at radius 2 is 1.88 bits per heavy atom. The molecule has 7 nitrogen and oxygen atoms in total. The lowest BCUT2D eigenvalue weighted by atomic mass is 10.1. The molecule has 0 aliphatic rings. The summed E-state index contributed by atoms with van der Waals surface area (Å²) in [6, 6.07) is 15.6. The summed E-state index contributed by atoms with van der Waals surface area (Å²) in [5, 5.41) is 6.95. The zero-order valence-electron chi connectivity index (χ0n) is 13.5. The molecule has 0 unspecified atom stereocenters. The summed E-state index contributed by atoms with van der Waals surface area (Å²) < 4.78 is 6.80. The third-order valence-electron chi connectivity index (χ3n) is 3.57. The smallest absolute Gasteiger partial charge is 0.276 e. The summed E-state index contributed by atoms with van der Waals surface area (Å²) in [6.07, 6.45) is 1.70. The third-order valence-corrected chi connectivity index (χ3v) is 3.57. The van der Waals surface area contributed by atoms with Crippen LogP contribution in [0, 0.1) is 0 Å². The van der Waals surface area contributed by atoms with Crippen LogP contribution in [0.5, 0.6) is 5.75 Å². The number of nitrogens with one attached hydrogen (secondary N) is 1. The number of hydrogen-bond donors (Lipinski definition) is 2. The first kappa shape index (κ1) is 16.3. The van der Waals surface area contributed by atoms with Gasteiger partial charge in [0, 0.05) is 11.8 Å².